The fourth-order valence-electron chi connectivity index (χ4n) is 2.71. The van der Waals surface area contributed by atoms with E-state index in [0.29, 0.717) is 0 Å². The van der Waals surface area contributed by atoms with E-state index in [-0.39, 0.29) is 0 Å². The Morgan fingerprint density at radius 2 is 1.35 bits per heavy atom. The smallest absolute Gasteiger partial charge is 0.0742 e. The summed E-state index contributed by atoms with van der Waals surface area (Å²) < 4.78 is 0. The van der Waals surface area contributed by atoms with E-state index < -0.39 is 0 Å². The Hall–Kier alpha value is -2.15. The predicted octanol–water partition coefficient (Wildman–Crippen LogP) is 5.80. The first-order valence-corrected chi connectivity index (χ1v) is 7.16. The Morgan fingerprint density at radius 3 is 1.95 bits per heavy atom. The third-order valence-electron chi connectivity index (χ3n) is 3.97. The summed E-state index contributed by atoms with van der Waals surface area (Å²) in [5.41, 5.74) is 3.57. The fourth-order valence-corrected chi connectivity index (χ4v) is 2.71. The second kappa shape index (κ2) is 5.09. The normalized spacial score (nSPS) is 12.2. The molecule has 3 aromatic rings. The summed E-state index contributed by atoms with van der Waals surface area (Å²) in [6, 6.07) is 17.2. The molecule has 3 rings (SSSR count). The van der Waals surface area contributed by atoms with Crippen LogP contribution >= 0.6 is 0 Å². The molecular weight excluding hydrogens is 242 g/mol. The van der Waals surface area contributed by atoms with Crippen molar-refractivity contribution < 1.29 is 0 Å². The quantitative estimate of drug-likeness (QED) is 0.408. The first kappa shape index (κ1) is 12.9. The van der Waals surface area contributed by atoms with Gasteiger partial charge in [-0.25, -0.2) is 0 Å². The van der Waals surface area contributed by atoms with Gasteiger partial charge in [-0.3, -0.25) is 4.99 Å². The van der Waals surface area contributed by atoms with Crippen LogP contribution in [0.5, 0.6) is 0 Å². The first-order valence-electron chi connectivity index (χ1n) is 7.16. The second-order valence-corrected chi connectivity index (χ2v) is 5.27. The highest BCUT2D eigenvalue weighted by atomic mass is 14.7. The number of fused-ring (bicyclic) bond motifs is 3. The van der Waals surface area contributed by atoms with Gasteiger partial charge in [-0.15, -0.1) is 0 Å². The van der Waals surface area contributed by atoms with Crippen molar-refractivity contribution in [1.29, 1.82) is 0 Å². The zero-order chi connectivity index (χ0) is 14.1. The lowest BCUT2D eigenvalue weighted by Crippen LogP contribution is -1.89. The standard InChI is InChI=1S/C19H19N/c1-4-13(2)20-19-14(3)15-9-5-6-10-16(15)17-11-7-8-12-18(17)19/h5-12H,4H2,1-3H3. The number of aliphatic imine (C=N–C) groups is 1. The van der Waals surface area contributed by atoms with Gasteiger partial charge in [-0.1, -0.05) is 55.5 Å². The largest absolute Gasteiger partial charge is 0.257 e. The summed E-state index contributed by atoms with van der Waals surface area (Å²) in [6.07, 6.45) is 0.987. The second-order valence-electron chi connectivity index (χ2n) is 5.27. The van der Waals surface area contributed by atoms with Crippen LogP contribution in [0.3, 0.4) is 0 Å². The van der Waals surface area contributed by atoms with Gasteiger partial charge in [0.15, 0.2) is 0 Å². The number of nitrogens with zero attached hydrogens (tertiary/aromatic N) is 1. The van der Waals surface area contributed by atoms with Crippen molar-refractivity contribution in [3.8, 4) is 0 Å². The van der Waals surface area contributed by atoms with Gasteiger partial charge >= 0.3 is 0 Å². The SMILES string of the molecule is CCC(C)=Nc1c(C)c2ccccc2c2ccccc12. The molecule has 20 heavy (non-hydrogen) atoms. The molecule has 0 aliphatic carbocycles. The molecule has 0 unspecified atom stereocenters. The molecule has 3 aromatic carbocycles. The molecular formula is C19H19N. The Balaban J connectivity index is 2.51. The average molecular weight is 261 g/mol. The number of benzene rings is 3. The van der Waals surface area contributed by atoms with E-state index >= 15 is 0 Å². The lowest BCUT2D eigenvalue weighted by Gasteiger charge is -2.12. The van der Waals surface area contributed by atoms with E-state index in [1.807, 2.05) is 0 Å². The fraction of sp³-hybridized carbons (Fsp3) is 0.211. The van der Waals surface area contributed by atoms with Crippen LogP contribution in [-0.2, 0) is 0 Å². The van der Waals surface area contributed by atoms with Crippen LogP contribution in [-0.4, -0.2) is 5.71 Å². The number of hydrogen-bond acceptors (Lipinski definition) is 1. The molecule has 100 valence electrons. The van der Waals surface area contributed by atoms with E-state index in [1.54, 1.807) is 0 Å². The molecule has 0 saturated heterocycles. The molecule has 0 aliphatic heterocycles. The van der Waals surface area contributed by atoms with Crippen LogP contribution in [0.15, 0.2) is 53.5 Å². The molecule has 0 aliphatic rings. The maximum absolute atomic E-state index is 4.87. The third-order valence-corrected chi connectivity index (χ3v) is 3.97. The Bertz CT molecular complexity index is 812. The summed E-state index contributed by atoms with van der Waals surface area (Å²) in [4.78, 5) is 4.87. The molecule has 0 heterocycles. The van der Waals surface area contributed by atoms with Gasteiger partial charge in [-0.2, -0.15) is 0 Å². The minimum atomic E-state index is 0.987. The van der Waals surface area contributed by atoms with Crippen molar-refractivity contribution in [1.82, 2.24) is 0 Å². The Kier molecular flexibility index (Phi) is 3.27. The third kappa shape index (κ3) is 2.00. The topological polar surface area (TPSA) is 12.4 Å². The minimum Gasteiger partial charge on any atom is -0.257 e. The van der Waals surface area contributed by atoms with E-state index in [9.17, 15) is 0 Å². The molecule has 1 heteroatoms. The van der Waals surface area contributed by atoms with Gasteiger partial charge in [0.05, 0.1) is 5.69 Å². The maximum atomic E-state index is 4.87. The van der Waals surface area contributed by atoms with Crippen LogP contribution in [0.1, 0.15) is 25.8 Å². The van der Waals surface area contributed by atoms with Gasteiger partial charge in [0.25, 0.3) is 0 Å². The highest BCUT2D eigenvalue weighted by Crippen LogP contribution is 2.37. The van der Waals surface area contributed by atoms with Gasteiger partial charge in [0, 0.05) is 11.1 Å². The van der Waals surface area contributed by atoms with Gasteiger partial charge in [0.1, 0.15) is 0 Å². The van der Waals surface area contributed by atoms with Crippen molar-refractivity contribution in [2.45, 2.75) is 27.2 Å². The van der Waals surface area contributed by atoms with E-state index in [2.05, 4.69) is 69.3 Å². The van der Waals surface area contributed by atoms with Crippen LogP contribution in [0, 0.1) is 6.92 Å². The van der Waals surface area contributed by atoms with Gasteiger partial charge in [0.2, 0.25) is 0 Å². The van der Waals surface area contributed by atoms with E-state index in [4.69, 9.17) is 4.99 Å². The van der Waals surface area contributed by atoms with Crippen molar-refractivity contribution in [2.75, 3.05) is 0 Å². The van der Waals surface area contributed by atoms with Crippen molar-refractivity contribution >= 4 is 32.9 Å². The minimum absolute atomic E-state index is 0.987. The Morgan fingerprint density at radius 1 is 0.850 bits per heavy atom. The Labute approximate surface area is 120 Å². The number of rotatable bonds is 2. The average Bonchev–Trinajstić information content (AvgIpc) is 2.51. The molecule has 0 bridgehead atoms. The van der Waals surface area contributed by atoms with Gasteiger partial charge in [-0.05, 0) is 42.0 Å². The summed E-state index contributed by atoms with van der Waals surface area (Å²) in [5, 5.41) is 5.15. The molecule has 0 radical (unpaired) electrons. The molecule has 0 fully saturated rings. The highest BCUT2D eigenvalue weighted by molar-refractivity contribution is 6.14. The van der Waals surface area contributed by atoms with E-state index in [0.717, 1.165) is 12.1 Å². The van der Waals surface area contributed by atoms with Crippen molar-refractivity contribution in [2.24, 2.45) is 4.99 Å². The molecule has 0 aromatic heterocycles. The summed E-state index contributed by atoms with van der Waals surface area (Å²) in [7, 11) is 0. The monoisotopic (exact) mass is 261 g/mol. The lowest BCUT2D eigenvalue weighted by atomic mass is 9.96. The predicted molar refractivity (Wildman–Crippen MR) is 89.3 cm³/mol. The van der Waals surface area contributed by atoms with Gasteiger partial charge < -0.3 is 0 Å². The maximum Gasteiger partial charge on any atom is 0.0742 e. The van der Waals surface area contributed by atoms with Crippen LogP contribution in [0.25, 0.3) is 21.5 Å². The molecule has 0 N–H and O–H groups in total. The molecule has 0 spiro atoms. The van der Waals surface area contributed by atoms with E-state index in [1.165, 1.54) is 32.8 Å². The zero-order valence-corrected chi connectivity index (χ0v) is 12.3. The number of hydrogen-bond donors (Lipinski definition) is 0. The molecule has 0 atom stereocenters. The molecule has 0 saturated carbocycles. The van der Waals surface area contributed by atoms with Crippen LogP contribution < -0.4 is 0 Å². The summed E-state index contributed by atoms with van der Waals surface area (Å²) >= 11 is 0. The zero-order valence-electron chi connectivity index (χ0n) is 12.3. The lowest BCUT2D eigenvalue weighted by molar-refractivity contribution is 1.25. The highest BCUT2D eigenvalue weighted by Gasteiger charge is 2.10. The first-order chi connectivity index (χ1) is 9.72. The van der Waals surface area contributed by atoms with Crippen LogP contribution in [0.2, 0.25) is 0 Å². The summed E-state index contributed by atoms with van der Waals surface area (Å²) in [6.45, 7) is 6.43. The number of aryl methyl sites for hydroxylation is 1. The molecule has 0 amide bonds. The molecule has 1 nitrogen and oxygen atoms in total. The van der Waals surface area contributed by atoms with Crippen molar-refractivity contribution in [3.63, 3.8) is 0 Å². The van der Waals surface area contributed by atoms with Crippen LogP contribution in [0.4, 0.5) is 5.69 Å². The van der Waals surface area contributed by atoms with Crippen molar-refractivity contribution in [3.05, 3.63) is 54.1 Å². The summed E-state index contributed by atoms with van der Waals surface area (Å²) in [5.74, 6) is 0.